The van der Waals surface area contributed by atoms with Crippen molar-refractivity contribution in [2.45, 2.75) is 11.8 Å². The Balaban J connectivity index is 2.14. The zero-order chi connectivity index (χ0) is 18.0. The number of hydrogen-bond donors (Lipinski definition) is 0. The van der Waals surface area contributed by atoms with Crippen LogP contribution >= 0.6 is 0 Å². The van der Waals surface area contributed by atoms with Crippen LogP contribution in [-0.4, -0.2) is 22.6 Å². The van der Waals surface area contributed by atoms with E-state index in [1.165, 1.54) is 19.2 Å². The van der Waals surface area contributed by atoms with Crippen LogP contribution in [0.3, 0.4) is 0 Å². The van der Waals surface area contributed by atoms with Crippen molar-refractivity contribution in [1.29, 1.82) is 0 Å². The van der Waals surface area contributed by atoms with Crippen LogP contribution in [0.4, 0.5) is 0 Å². The number of methoxy groups -OCH3 is 2. The molecule has 0 aliphatic carbocycles. The van der Waals surface area contributed by atoms with E-state index in [1.807, 2.05) is 13.0 Å². The number of benzene rings is 3. The van der Waals surface area contributed by atoms with Crippen molar-refractivity contribution in [2.75, 3.05) is 14.2 Å². The van der Waals surface area contributed by atoms with Crippen molar-refractivity contribution >= 4 is 20.9 Å². The molecule has 130 valence electrons. The van der Waals surface area contributed by atoms with Crippen LogP contribution in [0.2, 0.25) is 0 Å². The zero-order valence-corrected chi connectivity index (χ0v) is 15.0. The van der Waals surface area contributed by atoms with Crippen LogP contribution in [-0.2, 0) is 10.1 Å². The second kappa shape index (κ2) is 6.64. The topological polar surface area (TPSA) is 61.8 Å². The van der Waals surface area contributed by atoms with Gasteiger partial charge in [-0.25, -0.2) is 0 Å². The van der Waals surface area contributed by atoms with Gasteiger partial charge in [-0.15, -0.1) is 0 Å². The van der Waals surface area contributed by atoms with Crippen molar-refractivity contribution in [1.82, 2.24) is 0 Å². The summed E-state index contributed by atoms with van der Waals surface area (Å²) in [7, 11) is -0.889. The molecule has 0 saturated heterocycles. The molecule has 5 nitrogen and oxygen atoms in total. The van der Waals surface area contributed by atoms with Crippen LogP contribution in [0.5, 0.6) is 17.2 Å². The highest BCUT2D eigenvalue weighted by atomic mass is 32.2. The molecule has 0 amide bonds. The molecule has 3 aromatic carbocycles. The summed E-state index contributed by atoms with van der Waals surface area (Å²) in [6.45, 7) is 1.89. The first-order chi connectivity index (χ1) is 12.0. The van der Waals surface area contributed by atoms with E-state index < -0.39 is 10.1 Å². The maximum Gasteiger partial charge on any atom is 0.339 e. The molecule has 0 atom stereocenters. The number of hydrogen-bond acceptors (Lipinski definition) is 5. The Morgan fingerprint density at radius 1 is 0.760 bits per heavy atom. The smallest absolute Gasteiger partial charge is 0.339 e. The summed E-state index contributed by atoms with van der Waals surface area (Å²) in [6, 6.07) is 15.1. The maximum absolute atomic E-state index is 12.6. The number of ether oxygens (including phenoxy) is 2. The largest absolute Gasteiger partial charge is 0.496 e. The van der Waals surface area contributed by atoms with Gasteiger partial charge in [0.25, 0.3) is 0 Å². The van der Waals surface area contributed by atoms with Crippen LogP contribution in [0.25, 0.3) is 10.8 Å². The Morgan fingerprint density at radius 3 is 2.04 bits per heavy atom. The van der Waals surface area contributed by atoms with E-state index in [0.717, 1.165) is 5.56 Å². The highest BCUT2D eigenvalue weighted by Crippen LogP contribution is 2.39. The summed E-state index contributed by atoms with van der Waals surface area (Å²) < 4.78 is 41.4. The van der Waals surface area contributed by atoms with E-state index in [-0.39, 0.29) is 10.6 Å². The number of fused-ring (bicyclic) bond motifs is 1. The molecule has 0 N–H and O–H groups in total. The minimum absolute atomic E-state index is 0.0944. The van der Waals surface area contributed by atoms with Gasteiger partial charge in [0.05, 0.1) is 19.6 Å². The van der Waals surface area contributed by atoms with Gasteiger partial charge in [-0.2, -0.15) is 8.42 Å². The van der Waals surface area contributed by atoms with E-state index in [9.17, 15) is 8.42 Å². The van der Waals surface area contributed by atoms with Crippen molar-refractivity contribution in [3.05, 3.63) is 60.2 Å². The summed E-state index contributed by atoms with van der Waals surface area (Å²) in [5.74, 6) is 1.30. The normalized spacial score (nSPS) is 11.3. The van der Waals surface area contributed by atoms with Gasteiger partial charge in [0.15, 0.2) is 5.75 Å². The van der Waals surface area contributed by atoms with Gasteiger partial charge < -0.3 is 13.7 Å². The highest BCUT2D eigenvalue weighted by Gasteiger charge is 2.20. The monoisotopic (exact) mass is 358 g/mol. The fraction of sp³-hybridized carbons (Fsp3) is 0.158. The van der Waals surface area contributed by atoms with E-state index in [2.05, 4.69) is 0 Å². The predicted molar refractivity (Wildman–Crippen MR) is 96.0 cm³/mol. The van der Waals surface area contributed by atoms with E-state index in [4.69, 9.17) is 13.7 Å². The van der Waals surface area contributed by atoms with Crippen LogP contribution in [0, 0.1) is 6.92 Å². The Kier molecular flexibility index (Phi) is 4.55. The summed E-state index contributed by atoms with van der Waals surface area (Å²) in [4.78, 5) is 0.0944. The molecule has 0 radical (unpaired) electrons. The van der Waals surface area contributed by atoms with Crippen molar-refractivity contribution in [3.8, 4) is 17.2 Å². The summed E-state index contributed by atoms with van der Waals surface area (Å²) in [6.07, 6.45) is 0. The Morgan fingerprint density at radius 2 is 1.40 bits per heavy atom. The number of rotatable bonds is 5. The standard InChI is InChI=1S/C19H18O5S/c1-13-7-9-14(10-8-13)25(20,21)24-18-6-4-5-15-16(22-2)11-12-17(23-3)19(15)18/h4-12H,1-3H3. The first-order valence-corrected chi connectivity index (χ1v) is 9.02. The molecule has 0 bridgehead atoms. The minimum atomic E-state index is -3.96. The van der Waals surface area contributed by atoms with Crippen molar-refractivity contribution < 1.29 is 22.1 Å². The van der Waals surface area contributed by atoms with Crippen molar-refractivity contribution in [2.24, 2.45) is 0 Å². The zero-order valence-electron chi connectivity index (χ0n) is 14.1. The fourth-order valence-electron chi connectivity index (χ4n) is 2.60. The predicted octanol–water partition coefficient (Wildman–Crippen LogP) is 3.93. The lowest BCUT2D eigenvalue weighted by molar-refractivity contribution is 0.409. The molecule has 3 rings (SSSR count). The number of aryl methyl sites for hydroxylation is 1. The molecule has 0 aromatic heterocycles. The third-order valence-corrected chi connectivity index (χ3v) is 5.12. The van der Waals surface area contributed by atoms with Gasteiger partial charge in [-0.3, -0.25) is 0 Å². The Bertz CT molecular complexity index is 1010. The van der Waals surface area contributed by atoms with Gasteiger partial charge in [-0.1, -0.05) is 29.8 Å². The Labute approximate surface area is 146 Å². The fourth-order valence-corrected chi connectivity index (χ4v) is 3.54. The van der Waals surface area contributed by atoms with Crippen molar-refractivity contribution in [3.63, 3.8) is 0 Å². The third kappa shape index (κ3) is 3.25. The molecule has 0 saturated carbocycles. The van der Waals surface area contributed by atoms with Gasteiger partial charge in [0.2, 0.25) is 0 Å². The first kappa shape index (κ1) is 17.1. The SMILES string of the molecule is COc1ccc(OC)c2c(OS(=O)(=O)c3ccc(C)cc3)cccc12. The Hall–Kier alpha value is -2.73. The molecule has 0 unspecified atom stereocenters. The molecule has 0 aliphatic rings. The van der Waals surface area contributed by atoms with E-state index in [1.54, 1.807) is 43.5 Å². The van der Waals surface area contributed by atoms with Crippen LogP contribution < -0.4 is 13.7 Å². The van der Waals surface area contributed by atoms with Gasteiger partial charge >= 0.3 is 10.1 Å². The quantitative estimate of drug-likeness (QED) is 0.647. The lowest BCUT2D eigenvalue weighted by atomic mass is 10.1. The molecular weight excluding hydrogens is 340 g/mol. The molecular formula is C19H18O5S. The molecule has 25 heavy (non-hydrogen) atoms. The molecule has 0 fully saturated rings. The third-order valence-electron chi connectivity index (χ3n) is 3.87. The molecule has 0 aliphatic heterocycles. The highest BCUT2D eigenvalue weighted by molar-refractivity contribution is 7.87. The second-order valence-corrected chi connectivity index (χ2v) is 7.05. The summed E-state index contributed by atoms with van der Waals surface area (Å²) >= 11 is 0. The second-order valence-electron chi connectivity index (χ2n) is 5.50. The van der Waals surface area contributed by atoms with Gasteiger partial charge in [0, 0.05) is 5.39 Å². The average molecular weight is 358 g/mol. The van der Waals surface area contributed by atoms with Gasteiger partial charge in [-0.05, 0) is 37.3 Å². The summed E-state index contributed by atoms with van der Waals surface area (Å²) in [5.41, 5.74) is 0.968. The lowest BCUT2D eigenvalue weighted by Crippen LogP contribution is -2.10. The van der Waals surface area contributed by atoms with Gasteiger partial charge in [0.1, 0.15) is 16.4 Å². The lowest BCUT2D eigenvalue weighted by Gasteiger charge is -2.14. The maximum atomic E-state index is 12.6. The van der Waals surface area contributed by atoms with Crippen LogP contribution in [0.15, 0.2) is 59.5 Å². The first-order valence-electron chi connectivity index (χ1n) is 7.61. The summed E-state index contributed by atoms with van der Waals surface area (Å²) in [5, 5.41) is 1.25. The molecule has 0 heterocycles. The van der Waals surface area contributed by atoms with E-state index in [0.29, 0.717) is 22.3 Å². The average Bonchev–Trinajstić information content (AvgIpc) is 2.61. The molecule has 0 spiro atoms. The molecule has 3 aromatic rings. The van der Waals surface area contributed by atoms with Crippen LogP contribution in [0.1, 0.15) is 5.56 Å². The van der Waals surface area contributed by atoms with E-state index >= 15 is 0 Å². The molecule has 6 heteroatoms. The minimum Gasteiger partial charge on any atom is -0.496 e.